The van der Waals surface area contributed by atoms with Crippen LogP contribution in [0.5, 0.6) is 0 Å². The minimum absolute atomic E-state index is 0.130. The van der Waals surface area contributed by atoms with Gasteiger partial charge in [0.05, 0.1) is 6.61 Å². The van der Waals surface area contributed by atoms with E-state index in [0.717, 1.165) is 86.3 Å². The lowest BCUT2D eigenvalue weighted by Gasteiger charge is -2.34. The van der Waals surface area contributed by atoms with Gasteiger partial charge < -0.3 is 15.4 Å². The third-order valence-corrected chi connectivity index (χ3v) is 6.50. The van der Waals surface area contributed by atoms with Gasteiger partial charge in [0.2, 0.25) is 0 Å². The van der Waals surface area contributed by atoms with Crippen molar-refractivity contribution < 1.29 is 13.9 Å². The molecular formula is C28H46FN3O2. The summed E-state index contributed by atoms with van der Waals surface area (Å²) in [4.78, 5) is 19.1. The molecule has 0 atom stereocenters. The van der Waals surface area contributed by atoms with Gasteiger partial charge in [0, 0.05) is 36.6 Å². The fourth-order valence-corrected chi connectivity index (χ4v) is 4.48. The molecule has 5 nitrogen and oxygen atoms in total. The summed E-state index contributed by atoms with van der Waals surface area (Å²) in [6.07, 6.45) is 5.96. The highest BCUT2D eigenvalue weighted by Crippen LogP contribution is 2.30. The predicted molar refractivity (Wildman–Crippen MR) is 142 cm³/mol. The summed E-state index contributed by atoms with van der Waals surface area (Å²) >= 11 is 0. The number of nitrogens with two attached hydrogens (primary N) is 1. The van der Waals surface area contributed by atoms with Crippen LogP contribution in [-0.4, -0.2) is 37.9 Å². The number of aliphatic imine (C=N–C) groups is 1. The maximum absolute atomic E-state index is 13.7. The van der Waals surface area contributed by atoms with Crippen molar-refractivity contribution in [3.63, 3.8) is 0 Å². The summed E-state index contributed by atoms with van der Waals surface area (Å²) in [7, 11) is 0. The molecule has 2 aliphatic rings. The number of carbonyl (C=O) groups excluding carboxylic acids is 1. The molecule has 0 aromatic heterocycles. The summed E-state index contributed by atoms with van der Waals surface area (Å²) in [5, 5.41) is 0. The highest BCUT2D eigenvalue weighted by atomic mass is 19.1. The zero-order chi connectivity index (χ0) is 25.7. The Morgan fingerprint density at radius 2 is 1.76 bits per heavy atom. The van der Waals surface area contributed by atoms with E-state index < -0.39 is 5.97 Å². The van der Waals surface area contributed by atoms with Crippen LogP contribution in [0.2, 0.25) is 0 Å². The van der Waals surface area contributed by atoms with Crippen molar-refractivity contribution in [3.05, 3.63) is 40.3 Å². The average Bonchev–Trinajstić information content (AvgIpc) is 3.34. The van der Waals surface area contributed by atoms with Gasteiger partial charge in [-0.05, 0) is 88.5 Å². The van der Waals surface area contributed by atoms with Crippen LogP contribution in [0.4, 0.5) is 10.1 Å². The Kier molecular flexibility index (Phi) is 13.5. The van der Waals surface area contributed by atoms with Gasteiger partial charge in [-0.3, -0.25) is 4.99 Å². The van der Waals surface area contributed by atoms with Crippen LogP contribution in [-0.2, 0) is 9.53 Å². The molecule has 1 saturated heterocycles. The maximum atomic E-state index is 13.7. The molecule has 0 amide bonds. The van der Waals surface area contributed by atoms with E-state index in [1.54, 1.807) is 13.0 Å². The van der Waals surface area contributed by atoms with Crippen LogP contribution in [0.25, 0.3) is 0 Å². The minimum Gasteiger partial charge on any atom is -0.461 e. The third-order valence-electron chi connectivity index (χ3n) is 6.50. The van der Waals surface area contributed by atoms with Crippen LogP contribution >= 0.6 is 0 Å². The fraction of sp³-hybridized carbons (Fsp3) is 0.643. The smallest absolute Gasteiger partial charge is 0.354 e. The zero-order valence-electron chi connectivity index (χ0n) is 22.5. The second-order valence-electron chi connectivity index (χ2n) is 8.33. The number of piperidine rings is 1. The van der Waals surface area contributed by atoms with Crippen molar-refractivity contribution in [1.29, 1.82) is 0 Å². The molecule has 6 heteroatoms. The molecule has 1 saturated carbocycles. The van der Waals surface area contributed by atoms with E-state index in [2.05, 4.69) is 4.90 Å². The van der Waals surface area contributed by atoms with E-state index in [1.165, 1.54) is 0 Å². The molecular weight excluding hydrogens is 429 g/mol. The van der Waals surface area contributed by atoms with Crippen molar-refractivity contribution in [2.24, 2.45) is 16.6 Å². The Hall–Kier alpha value is -2.37. The second-order valence-corrected chi connectivity index (χ2v) is 8.33. The van der Waals surface area contributed by atoms with Gasteiger partial charge in [0.25, 0.3) is 0 Å². The van der Waals surface area contributed by atoms with Gasteiger partial charge in [-0.25, -0.2) is 9.18 Å². The van der Waals surface area contributed by atoms with Crippen LogP contribution in [0.1, 0.15) is 84.3 Å². The normalized spacial score (nSPS) is 18.6. The standard InChI is InChI=1S/C24H34FN3O2.2C2H6/c1-4-30-24(29)23(26)19-6-5-7-21(19)27-13-10-18-11-14-28(15-12-18)22-9-8-20(25)16(2)17(22)3;2*1-2/h8-9,18H,4-7,10-15,26H2,1-3H3;2*1-2H3/b23-19-,27-21?;;. The lowest BCUT2D eigenvalue weighted by Crippen LogP contribution is -2.34. The summed E-state index contributed by atoms with van der Waals surface area (Å²) in [5.41, 5.74) is 11.0. The van der Waals surface area contributed by atoms with Crippen molar-refractivity contribution in [1.82, 2.24) is 0 Å². The van der Waals surface area contributed by atoms with E-state index in [-0.39, 0.29) is 11.5 Å². The summed E-state index contributed by atoms with van der Waals surface area (Å²) in [5.74, 6) is 0.0821. The van der Waals surface area contributed by atoms with Gasteiger partial charge in [0.1, 0.15) is 11.5 Å². The lowest BCUT2D eigenvalue weighted by molar-refractivity contribution is -0.138. The summed E-state index contributed by atoms with van der Waals surface area (Å²) < 4.78 is 18.8. The molecule has 1 aromatic carbocycles. The largest absolute Gasteiger partial charge is 0.461 e. The number of benzene rings is 1. The first-order valence-corrected chi connectivity index (χ1v) is 13.1. The first-order chi connectivity index (χ1) is 16.4. The first kappa shape index (κ1) is 29.7. The quantitative estimate of drug-likeness (QED) is 0.376. The van der Waals surface area contributed by atoms with Crippen LogP contribution in [0, 0.1) is 25.6 Å². The molecule has 3 rings (SSSR count). The molecule has 0 radical (unpaired) electrons. The number of esters is 1. The zero-order valence-corrected chi connectivity index (χ0v) is 22.5. The Balaban J connectivity index is 0.00000137. The van der Waals surface area contributed by atoms with Gasteiger partial charge >= 0.3 is 5.97 Å². The molecule has 1 heterocycles. The number of halogens is 1. The van der Waals surface area contributed by atoms with Gasteiger partial charge in [-0.2, -0.15) is 0 Å². The number of nitrogens with zero attached hydrogens (tertiary/aromatic N) is 2. The number of hydrogen-bond acceptors (Lipinski definition) is 5. The second kappa shape index (κ2) is 15.5. The van der Waals surface area contributed by atoms with Crippen LogP contribution in [0.15, 0.2) is 28.4 Å². The monoisotopic (exact) mass is 475 g/mol. The van der Waals surface area contributed by atoms with Crippen molar-refractivity contribution in [2.75, 3.05) is 31.1 Å². The van der Waals surface area contributed by atoms with E-state index in [0.29, 0.717) is 12.5 Å². The number of carbonyl (C=O) groups is 1. The molecule has 1 aliphatic carbocycles. The number of allylic oxidation sites excluding steroid dienone is 1. The summed E-state index contributed by atoms with van der Waals surface area (Å²) in [6.45, 7) is 16.7. The molecule has 192 valence electrons. The Morgan fingerprint density at radius 3 is 2.38 bits per heavy atom. The average molecular weight is 476 g/mol. The van der Waals surface area contributed by atoms with Crippen molar-refractivity contribution in [2.45, 2.75) is 87.0 Å². The maximum Gasteiger partial charge on any atom is 0.354 e. The molecule has 0 bridgehead atoms. The first-order valence-electron chi connectivity index (χ1n) is 13.1. The number of ether oxygens (including phenoxy) is 1. The Morgan fingerprint density at radius 1 is 1.12 bits per heavy atom. The number of rotatable bonds is 6. The van der Waals surface area contributed by atoms with Crippen LogP contribution < -0.4 is 10.6 Å². The molecule has 0 unspecified atom stereocenters. The van der Waals surface area contributed by atoms with Gasteiger partial charge in [-0.15, -0.1) is 0 Å². The SMILES string of the molecule is CC.CC.CCOC(=O)/C(N)=C1\CCCC1=NCCC1CCN(c2ccc(F)c(C)c2C)CC1. The molecule has 1 aliphatic heterocycles. The molecule has 34 heavy (non-hydrogen) atoms. The predicted octanol–water partition coefficient (Wildman–Crippen LogP) is 6.50. The Bertz CT molecular complexity index is 840. The van der Waals surface area contributed by atoms with Crippen LogP contribution in [0.3, 0.4) is 0 Å². The van der Waals surface area contributed by atoms with Gasteiger partial charge in [-0.1, -0.05) is 27.7 Å². The summed E-state index contributed by atoms with van der Waals surface area (Å²) in [6, 6.07) is 3.49. The number of hydrogen-bond donors (Lipinski definition) is 1. The van der Waals surface area contributed by atoms with E-state index >= 15 is 0 Å². The number of anilines is 1. The van der Waals surface area contributed by atoms with Gasteiger partial charge in [0.15, 0.2) is 0 Å². The highest BCUT2D eigenvalue weighted by Gasteiger charge is 2.24. The topological polar surface area (TPSA) is 67.9 Å². The van der Waals surface area contributed by atoms with Crippen molar-refractivity contribution in [3.8, 4) is 0 Å². The Labute approximate surface area is 206 Å². The molecule has 1 aromatic rings. The highest BCUT2D eigenvalue weighted by molar-refractivity contribution is 6.07. The minimum atomic E-state index is -0.430. The van der Waals surface area contributed by atoms with E-state index in [9.17, 15) is 9.18 Å². The fourth-order valence-electron chi connectivity index (χ4n) is 4.48. The lowest BCUT2D eigenvalue weighted by atomic mass is 9.92. The third kappa shape index (κ3) is 7.85. The van der Waals surface area contributed by atoms with Crippen molar-refractivity contribution >= 4 is 17.4 Å². The molecule has 2 N–H and O–H groups in total. The van der Waals surface area contributed by atoms with E-state index in [4.69, 9.17) is 15.5 Å². The van der Waals surface area contributed by atoms with E-state index in [1.807, 2.05) is 47.6 Å². The molecule has 2 fully saturated rings. The molecule has 0 spiro atoms.